The van der Waals surface area contributed by atoms with E-state index in [1.165, 1.54) is 13.3 Å². The Labute approximate surface area is 194 Å². The average molecular weight is 453 g/mol. The fourth-order valence-corrected chi connectivity index (χ4v) is 3.02. The zero-order valence-electron chi connectivity index (χ0n) is 18.0. The lowest BCUT2D eigenvalue weighted by Gasteiger charge is -2.10. The molecule has 0 bridgehead atoms. The van der Waals surface area contributed by atoms with Crippen LogP contribution in [0.5, 0.6) is 0 Å². The average Bonchev–Trinajstić information content (AvgIpc) is 2.84. The molecule has 0 atom stereocenters. The van der Waals surface area contributed by atoms with Gasteiger partial charge in [0.2, 0.25) is 11.6 Å². The summed E-state index contributed by atoms with van der Waals surface area (Å²) in [6.07, 6.45) is 1.23. The minimum atomic E-state index is -0.558. The third-order valence-electron chi connectivity index (χ3n) is 4.73. The highest BCUT2D eigenvalue weighted by Crippen LogP contribution is 2.33. The lowest BCUT2D eigenvalue weighted by Crippen LogP contribution is -2.05. The number of hydrogen-bond acceptors (Lipinski definition) is 9. The van der Waals surface area contributed by atoms with E-state index in [-0.39, 0.29) is 23.1 Å². The van der Waals surface area contributed by atoms with Gasteiger partial charge in [-0.2, -0.15) is 10.2 Å². The first-order valence-electron chi connectivity index (χ1n) is 10.2. The summed E-state index contributed by atoms with van der Waals surface area (Å²) >= 11 is 0. The van der Waals surface area contributed by atoms with Crippen LogP contribution < -0.4 is 10.6 Å². The summed E-state index contributed by atoms with van der Waals surface area (Å²) in [6.45, 7) is 1.47. The van der Waals surface area contributed by atoms with E-state index in [0.29, 0.717) is 22.6 Å². The van der Waals surface area contributed by atoms with Crippen LogP contribution in [0.3, 0.4) is 0 Å². The van der Waals surface area contributed by atoms with Crippen LogP contribution in [0.25, 0.3) is 0 Å². The molecule has 3 aromatic carbocycles. The van der Waals surface area contributed by atoms with Crippen molar-refractivity contribution in [1.82, 2.24) is 9.97 Å². The van der Waals surface area contributed by atoms with E-state index >= 15 is 0 Å². The summed E-state index contributed by atoms with van der Waals surface area (Å²) in [5.74, 6) is -0.0218. The van der Waals surface area contributed by atoms with Crippen LogP contribution in [0.2, 0.25) is 0 Å². The van der Waals surface area contributed by atoms with Gasteiger partial charge in [0.05, 0.1) is 16.3 Å². The molecule has 0 aliphatic heterocycles. The lowest BCUT2D eigenvalue weighted by atomic mass is 10.1. The molecule has 0 radical (unpaired) electrons. The molecule has 4 rings (SSSR count). The molecular formula is C24H19N7O3. The van der Waals surface area contributed by atoms with Gasteiger partial charge in [-0.1, -0.05) is 18.2 Å². The molecule has 1 aromatic heterocycles. The van der Waals surface area contributed by atoms with E-state index in [9.17, 15) is 14.9 Å². The zero-order chi connectivity index (χ0) is 23.9. The number of anilines is 4. The molecule has 1 heterocycles. The van der Waals surface area contributed by atoms with Crippen molar-refractivity contribution >= 4 is 45.9 Å². The van der Waals surface area contributed by atoms with Crippen LogP contribution in [0, 0.1) is 10.1 Å². The molecule has 0 aliphatic carbocycles. The van der Waals surface area contributed by atoms with E-state index in [1.807, 2.05) is 30.3 Å². The number of benzene rings is 3. The Morgan fingerprint density at radius 1 is 0.794 bits per heavy atom. The molecule has 34 heavy (non-hydrogen) atoms. The van der Waals surface area contributed by atoms with Crippen LogP contribution in [0.4, 0.5) is 40.1 Å². The van der Waals surface area contributed by atoms with Crippen LogP contribution in [0.1, 0.15) is 17.3 Å². The molecule has 0 saturated heterocycles. The SMILES string of the molecule is CC(=O)c1ccc(Nc2ncnc(Nc3ccc(N=Nc4ccccc4)cc3)c2[N+](=O)[O-])cc1. The summed E-state index contributed by atoms with van der Waals surface area (Å²) in [4.78, 5) is 30.8. The van der Waals surface area contributed by atoms with Crippen LogP contribution in [-0.2, 0) is 0 Å². The molecule has 10 heteroatoms. The van der Waals surface area contributed by atoms with E-state index < -0.39 is 4.92 Å². The highest BCUT2D eigenvalue weighted by atomic mass is 16.6. The minimum absolute atomic E-state index is 0.0198. The quantitative estimate of drug-likeness (QED) is 0.135. The number of ketones is 1. The topological polar surface area (TPSA) is 135 Å². The number of nitrogens with one attached hydrogen (secondary N) is 2. The smallest absolute Gasteiger partial charge is 0.334 e. The van der Waals surface area contributed by atoms with Gasteiger partial charge in [0.15, 0.2) is 5.78 Å². The van der Waals surface area contributed by atoms with Gasteiger partial charge in [0, 0.05) is 16.9 Å². The first kappa shape index (κ1) is 22.2. The van der Waals surface area contributed by atoms with Crippen LogP contribution in [-0.4, -0.2) is 20.7 Å². The molecule has 0 saturated carbocycles. The summed E-state index contributed by atoms with van der Waals surface area (Å²) < 4.78 is 0. The van der Waals surface area contributed by atoms with Crippen molar-refractivity contribution in [2.45, 2.75) is 6.92 Å². The van der Waals surface area contributed by atoms with Crippen molar-refractivity contribution < 1.29 is 9.72 Å². The number of rotatable bonds is 8. The maximum atomic E-state index is 11.8. The van der Waals surface area contributed by atoms with Crippen molar-refractivity contribution in [3.63, 3.8) is 0 Å². The monoisotopic (exact) mass is 453 g/mol. The third kappa shape index (κ3) is 5.43. The van der Waals surface area contributed by atoms with E-state index in [4.69, 9.17) is 0 Å². The standard InChI is InChI=1S/C24H19N7O3/c1-16(32)17-7-9-18(10-8-17)27-23-22(31(33)34)24(26-15-25-23)28-19-11-13-21(14-12-19)30-29-20-5-3-2-4-6-20/h2-15H,1H3,(H2,25,26,27,28). The number of nitrogens with zero attached hydrogens (tertiary/aromatic N) is 5. The number of hydrogen-bond donors (Lipinski definition) is 2. The molecule has 10 nitrogen and oxygen atoms in total. The summed E-state index contributed by atoms with van der Waals surface area (Å²) in [6, 6.07) is 22.8. The second kappa shape index (κ2) is 10.1. The predicted molar refractivity (Wildman–Crippen MR) is 129 cm³/mol. The van der Waals surface area contributed by atoms with Crippen molar-refractivity contribution in [1.29, 1.82) is 0 Å². The maximum Gasteiger partial charge on any atom is 0.353 e. The van der Waals surface area contributed by atoms with Gasteiger partial charge in [0.25, 0.3) is 0 Å². The van der Waals surface area contributed by atoms with E-state index in [2.05, 4.69) is 30.8 Å². The molecule has 0 unspecified atom stereocenters. The molecule has 4 aromatic rings. The second-order valence-electron chi connectivity index (χ2n) is 7.14. The van der Waals surface area contributed by atoms with Crippen molar-refractivity contribution in [2.75, 3.05) is 10.6 Å². The first-order valence-corrected chi connectivity index (χ1v) is 10.2. The number of carbonyl (C=O) groups is 1. The lowest BCUT2D eigenvalue weighted by molar-refractivity contribution is -0.383. The number of Topliss-reactive ketones (excluding diaryl/α,β-unsaturated/α-hetero) is 1. The Bertz CT molecular complexity index is 1340. The highest BCUT2D eigenvalue weighted by Gasteiger charge is 2.23. The van der Waals surface area contributed by atoms with E-state index in [0.717, 1.165) is 5.69 Å². The largest absolute Gasteiger partial charge is 0.353 e. The number of carbonyl (C=O) groups excluding carboxylic acids is 1. The Kier molecular flexibility index (Phi) is 6.59. The normalized spacial score (nSPS) is 10.7. The fraction of sp³-hybridized carbons (Fsp3) is 0.0417. The number of nitro groups is 1. The molecule has 0 amide bonds. The van der Waals surface area contributed by atoms with Gasteiger partial charge in [-0.3, -0.25) is 14.9 Å². The van der Waals surface area contributed by atoms with Crippen molar-refractivity contribution in [3.05, 3.63) is 101 Å². The van der Waals surface area contributed by atoms with Gasteiger partial charge in [-0.25, -0.2) is 9.97 Å². The van der Waals surface area contributed by atoms with Gasteiger partial charge >= 0.3 is 5.69 Å². The molecule has 0 aliphatic rings. The Morgan fingerprint density at radius 3 is 1.79 bits per heavy atom. The number of azo groups is 1. The molecule has 2 N–H and O–H groups in total. The predicted octanol–water partition coefficient (Wildman–Crippen LogP) is 6.49. The molecule has 0 spiro atoms. The Balaban J connectivity index is 1.53. The molecule has 168 valence electrons. The Morgan fingerprint density at radius 2 is 1.29 bits per heavy atom. The summed E-state index contributed by atoms with van der Waals surface area (Å²) in [5, 5.41) is 26.0. The minimum Gasteiger partial charge on any atom is -0.334 e. The number of aromatic nitrogens is 2. The van der Waals surface area contributed by atoms with Crippen molar-refractivity contribution in [2.24, 2.45) is 10.2 Å². The first-order chi connectivity index (χ1) is 16.5. The van der Waals surface area contributed by atoms with Gasteiger partial charge in [-0.15, -0.1) is 0 Å². The summed E-state index contributed by atoms with van der Waals surface area (Å²) in [5.41, 5.74) is 2.71. The zero-order valence-corrected chi connectivity index (χ0v) is 18.0. The highest BCUT2D eigenvalue weighted by molar-refractivity contribution is 5.94. The van der Waals surface area contributed by atoms with E-state index in [1.54, 1.807) is 48.5 Å². The van der Waals surface area contributed by atoms with Gasteiger partial charge in [-0.05, 0) is 67.6 Å². The molecular weight excluding hydrogens is 434 g/mol. The summed E-state index contributed by atoms with van der Waals surface area (Å²) in [7, 11) is 0. The Hall–Kier alpha value is -4.99. The van der Waals surface area contributed by atoms with Crippen LogP contribution >= 0.6 is 0 Å². The molecule has 0 fully saturated rings. The second-order valence-corrected chi connectivity index (χ2v) is 7.14. The third-order valence-corrected chi connectivity index (χ3v) is 4.73. The van der Waals surface area contributed by atoms with Crippen LogP contribution in [0.15, 0.2) is 95.4 Å². The van der Waals surface area contributed by atoms with Gasteiger partial charge < -0.3 is 10.6 Å². The maximum absolute atomic E-state index is 11.8. The fourth-order valence-electron chi connectivity index (χ4n) is 3.02. The van der Waals surface area contributed by atoms with Crippen molar-refractivity contribution in [3.8, 4) is 0 Å². The van der Waals surface area contributed by atoms with Gasteiger partial charge in [0.1, 0.15) is 6.33 Å².